The zero-order chi connectivity index (χ0) is 20.6. The first-order chi connectivity index (χ1) is 12.5. The monoisotopic (exact) mass is 399 g/mol. The van der Waals surface area contributed by atoms with Crippen LogP contribution in [0.5, 0.6) is 0 Å². The van der Waals surface area contributed by atoms with E-state index in [9.17, 15) is 22.8 Å². The summed E-state index contributed by atoms with van der Waals surface area (Å²) in [6.07, 6.45) is 0. The highest BCUT2D eigenvalue weighted by Gasteiger charge is 2.23. The van der Waals surface area contributed by atoms with Crippen molar-refractivity contribution in [2.75, 3.05) is 26.7 Å². The van der Waals surface area contributed by atoms with Gasteiger partial charge in [-0.1, -0.05) is 17.7 Å². The van der Waals surface area contributed by atoms with Gasteiger partial charge in [0.15, 0.2) is 6.61 Å². The smallest absolute Gasteiger partial charge is 0.321 e. The highest BCUT2D eigenvalue weighted by molar-refractivity contribution is 7.89. The van der Waals surface area contributed by atoms with E-state index in [4.69, 9.17) is 4.74 Å². The maximum atomic E-state index is 12.4. The van der Waals surface area contributed by atoms with Gasteiger partial charge in [0.25, 0.3) is 5.91 Å². The van der Waals surface area contributed by atoms with E-state index in [0.29, 0.717) is 0 Å². The minimum absolute atomic E-state index is 0.0531. The first kappa shape index (κ1) is 22.6. The third-order valence-corrected chi connectivity index (χ3v) is 5.16. The summed E-state index contributed by atoms with van der Waals surface area (Å²) in [5.41, 5.74) is 0.907. The van der Waals surface area contributed by atoms with Crippen molar-refractivity contribution in [2.45, 2.75) is 31.7 Å². The van der Waals surface area contributed by atoms with Gasteiger partial charge in [-0.15, -0.1) is 0 Å². The van der Waals surface area contributed by atoms with Gasteiger partial charge in [-0.25, -0.2) is 8.42 Å². The standard InChI is InChI=1S/C17H25N3O6S/c1-12(2)19-15(21)9-18-16(22)11-26-17(23)10-20(4)27(24,25)14-7-5-13(3)6-8-14/h5-8,12H,9-11H2,1-4H3,(H,18,22)(H,19,21). The topological polar surface area (TPSA) is 122 Å². The second kappa shape index (κ2) is 10.0. The van der Waals surface area contributed by atoms with Gasteiger partial charge in [-0.3, -0.25) is 14.4 Å². The molecule has 150 valence electrons. The Hall–Kier alpha value is -2.46. The first-order valence-corrected chi connectivity index (χ1v) is 9.71. The minimum Gasteiger partial charge on any atom is -0.455 e. The molecule has 0 radical (unpaired) electrons. The maximum absolute atomic E-state index is 12.4. The van der Waals surface area contributed by atoms with Gasteiger partial charge in [0.2, 0.25) is 15.9 Å². The summed E-state index contributed by atoms with van der Waals surface area (Å²) >= 11 is 0. The van der Waals surface area contributed by atoms with E-state index in [1.165, 1.54) is 19.2 Å². The van der Waals surface area contributed by atoms with Gasteiger partial charge in [0.1, 0.15) is 6.54 Å². The summed E-state index contributed by atoms with van der Waals surface area (Å²) in [5, 5.41) is 4.89. The Bertz CT molecular complexity index is 774. The highest BCUT2D eigenvalue weighted by atomic mass is 32.2. The Morgan fingerprint density at radius 2 is 1.70 bits per heavy atom. The number of esters is 1. The predicted octanol–water partition coefficient (Wildman–Crippen LogP) is -0.200. The summed E-state index contributed by atoms with van der Waals surface area (Å²) in [5.74, 6) is -1.91. The minimum atomic E-state index is -3.84. The van der Waals surface area contributed by atoms with Crippen molar-refractivity contribution in [3.8, 4) is 0 Å². The number of rotatable bonds is 9. The van der Waals surface area contributed by atoms with Crippen molar-refractivity contribution in [3.63, 3.8) is 0 Å². The fraction of sp³-hybridized carbons (Fsp3) is 0.471. The second-order valence-corrected chi connectivity index (χ2v) is 8.28. The fourth-order valence-electron chi connectivity index (χ4n) is 1.95. The third-order valence-electron chi connectivity index (χ3n) is 3.34. The number of amides is 2. The van der Waals surface area contributed by atoms with Gasteiger partial charge in [0, 0.05) is 13.1 Å². The van der Waals surface area contributed by atoms with E-state index in [1.54, 1.807) is 26.0 Å². The SMILES string of the molecule is Cc1ccc(S(=O)(=O)N(C)CC(=O)OCC(=O)NCC(=O)NC(C)C)cc1. The van der Waals surface area contributed by atoms with Crippen molar-refractivity contribution < 1.29 is 27.5 Å². The van der Waals surface area contributed by atoms with E-state index < -0.39 is 35.1 Å². The number of carbonyl (C=O) groups excluding carboxylic acids is 3. The van der Waals surface area contributed by atoms with Crippen molar-refractivity contribution in [1.82, 2.24) is 14.9 Å². The van der Waals surface area contributed by atoms with Crippen LogP contribution in [0.3, 0.4) is 0 Å². The number of sulfonamides is 1. The molecule has 0 aliphatic heterocycles. The molecule has 0 aliphatic carbocycles. The van der Waals surface area contributed by atoms with Gasteiger partial charge < -0.3 is 15.4 Å². The molecule has 27 heavy (non-hydrogen) atoms. The molecule has 0 saturated heterocycles. The summed E-state index contributed by atoms with van der Waals surface area (Å²) in [6, 6.07) is 6.14. The summed E-state index contributed by atoms with van der Waals surface area (Å²) in [6.45, 7) is 4.00. The number of hydrogen-bond acceptors (Lipinski definition) is 6. The molecule has 1 rings (SSSR count). The van der Waals surface area contributed by atoms with Crippen LogP contribution in [-0.4, -0.2) is 63.3 Å². The largest absolute Gasteiger partial charge is 0.455 e. The molecular formula is C17H25N3O6S. The lowest BCUT2D eigenvalue weighted by Crippen LogP contribution is -2.41. The van der Waals surface area contributed by atoms with Crippen LogP contribution in [0, 0.1) is 6.92 Å². The number of nitrogens with zero attached hydrogens (tertiary/aromatic N) is 1. The average molecular weight is 399 g/mol. The van der Waals surface area contributed by atoms with Crippen molar-refractivity contribution in [2.24, 2.45) is 0 Å². The van der Waals surface area contributed by atoms with Crippen LogP contribution < -0.4 is 10.6 Å². The molecule has 0 aliphatic rings. The molecule has 0 fully saturated rings. The predicted molar refractivity (Wildman–Crippen MR) is 98.2 cm³/mol. The Morgan fingerprint density at radius 1 is 1.11 bits per heavy atom. The number of nitrogens with one attached hydrogen (secondary N) is 2. The van der Waals surface area contributed by atoms with Gasteiger partial charge in [-0.2, -0.15) is 4.31 Å². The summed E-state index contributed by atoms with van der Waals surface area (Å²) in [7, 11) is -2.60. The lowest BCUT2D eigenvalue weighted by Gasteiger charge is -2.16. The van der Waals surface area contributed by atoms with Gasteiger partial charge in [0.05, 0.1) is 11.4 Å². The molecule has 0 atom stereocenters. The molecule has 2 N–H and O–H groups in total. The van der Waals surface area contributed by atoms with E-state index in [1.807, 2.05) is 6.92 Å². The van der Waals surface area contributed by atoms with E-state index in [2.05, 4.69) is 10.6 Å². The molecule has 1 aromatic rings. The summed E-state index contributed by atoms with van der Waals surface area (Å²) in [4.78, 5) is 34.8. The van der Waals surface area contributed by atoms with E-state index >= 15 is 0 Å². The number of aryl methyl sites for hydroxylation is 1. The zero-order valence-electron chi connectivity index (χ0n) is 15.8. The Morgan fingerprint density at radius 3 is 2.26 bits per heavy atom. The molecule has 0 spiro atoms. The normalized spacial score (nSPS) is 11.3. The number of likely N-dealkylation sites (N-methyl/N-ethyl adjacent to an activating group) is 1. The zero-order valence-corrected chi connectivity index (χ0v) is 16.6. The molecule has 9 nitrogen and oxygen atoms in total. The van der Waals surface area contributed by atoms with E-state index in [0.717, 1.165) is 9.87 Å². The average Bonchev–Trinajstić information content (AvgIpc) is 2.57. The Labute approximate surface area is 159 Å². The molecule has 10 heteroatoms. The number of carbonyl (C=O) groups is 3. The number of benzene rings is 1. The van der Waals surface area contributed by atoms with Crippen LogP contribution in [0.25, 0.3) is 0 Å². The lowest BCUT2D eigenvalue weighted by atomic mass is 10.2. The molecule has 1 aromatic carbocycles. The van der Waals surface area contributed by atoms with Crippen LogP contribution in [0.15, 0.2) is 29.2 Å². The molecular weight excluding hydrogens is 374 g/mol. The number of hydrogen-bond donors (Lipinski definition) is 2. The third kappa shape index (κ3) is 7.75. The van der Waals surface area contributed by atoms with Crippen molar-refractivity contribution in [3.05, 3.63) is 29.8 Å². The molecule has 0 bridgehead atoms. The van der Waals surface area contributed by atoms with Crippen molar-refractivity contribution >= 4 is 27.8 Å². The fourth-order valence-corrected chi connectivity index (χ4v) is 3.07. The van der Waals surface area contributed by atoms with E-state index in [-0.39, 0.29) is 23.4 Å². The quantitative estimate of drug-likeness (QED) is 0.555. The molecule has 0 saturated carbocycles. The van der Waals surface area contributed by atoms with Crippen LogP contribution >= 0.6 is 0 Å². The van der Waals surface area contributed by atoms with Crippen LogP contribution in [0.1, 0.15) is 19.4 Å². The maximum Gasteiger partial charge on any atom is 0.321 e. The van der Waals surface area contributed by atoms with Gasteiger partial charge >= 0.3 is 5.97 Å². The van der Waals surface area contributed by atoms with Crippen LogP contribution in [-0.2, 0) is 29.1 Å². The molecule has 2 amide bonds. The molecule has 0 aromatic heterocycles. The van der Waals surface area contributed by atoms with Crippen molar-refractivity contribution in [1.29, 1.82) is 0 Å². The van der Waals surface area contributed by atoms with Crippen LogP contribution in [0.4, 0.5) is 0 Å². The lowest BCUT2D eigenvalue weighted by molar-refractivity contribution is -0.148. The Kier molecular flexibility index (Phi) is 8.38. The van der Waals surface area contributed by atoms with Gasteiger partial charge in [-0.05, 0) is 32.9 Å². The number of ether oxygens (including phenoxy) is 1. The highest BCUT2D eigenvalue weighted by Crippen LogP contribution is 2.14. The first-order valence-electron chi connectivity index (χ1n) is 8.27. The Balaban J connectivity index is 2.46. The van der Waals surface area contributed by atoms with Crippen LogP contribution in [0.2, 0.25) is 0 Å². The molecule has 0 unspecified atom stereocenters. The second-order valence-electron chi connectivity index (χ2n) is 6.23. The summed E-state index contributed by atoms with van der Waals surface area (Å²) < 4.78 is 30.3. The molecule has 0 heterocycles.